The maximum Gasteiger partial charge on any atom is 0.416 e. The van der Waals surface area contributed by atoms with Gasteiger partial charge in [0.05, 0.1) is 29.9 Å². The monoisotopic (exact) mass is 258 g/mol. The van der Waals surface area contributed by atoms with Crippen molar-refractivity contribution in [1.82, 2.24) is 0 Å². The number of rotatable bonds is 1. The Morgan fingerprint density at radius 3 is 2.33 bits per heavy atom. The number of carbonyl (C=O) groups excluding carboxylic acids is 2. The van der Waals surface area contributed by atoms with Gasteiger partial charge in [0, 0.05) is 0 Å². The Bertz CT molecular complexity index is 526. The van der Waals surface area contributed by atoms with Crippen LogP contribution in [0, 0.1) is 0 Å². The minimum atomic E-state index is -4.49. The molecule has 0 bridgehead atoms. The van der Waals surface area contributed by atoms with Gasteiger partial charge in [0.25, 0.3) is 0 Å². The average molecular weight is 258 g/mol. The van der Waals surface area contributed by atoms with Crippen molar-refractivity contribution in [3.8, 4) is 0 Å². The van der Waals surface area contributed by atoms with Gasteiger partial charge in [0.15, 0.2) is 5.78 Å². The van der Waals surface area contributed by atoms with Crippen LogP contribution in [0.5, 0.6) is 0 Å². The molecule has 0 aliphatic carbocycles. The normalized spacial score (nSPS) is 16.5. The summed E-state index contributed by atoms with van der Waals surface area (Å²) in [4.78, 5) is 23.6. The number of halogens is 3. The Balaban J connectivity index is 2.37. The van der Waals surface area contributed by atoms with Crippen LogP contribution in [0.15, 0.2) is 18.2 Å². The van der Waals surface area contributed by atoms with Crippen LogP contribution in [0.1, 0.15) is 12.0 Å². The number of nitrogens with zero attached hydrogens (tertiary/aromatic N) is 1. The highest BCUT2D eigenvalue weighted by Crippen LogP contribution is 2.34. The lowest BCUT2D eigenvalue weighted by Gasteiger charge is -2.18. The van der Waals surface area contributed by atoms with Crippen molar-refractivity contribution in [3.05, 3.63) is 23.8 Å². The summed E-state index contributed by atoms with van der Waals surface area (Å²) in [6, 6.07) is 2.70. The molecule has 1 aliphatic rings. The topological polar surface area (TPSA) is 63.4 Å². The Labute approximate surface area is 100 Å². The van der Waals surface area contributed by atoms with Gasteiger partial charge in [-0.05, 0) is 18.2 Å². The van der Waals surface area contributed by atoms with Crippen LogP contribution in [-0.4, -0.2) is 18.2 Å². The zero-order chi connectivity index (χ0) is 13.5. The molecule has 0 aromatic heterocycles. The third kappa shape index (κ3) is 2.15. The predicted octanol–water partition coefficient (Wildman–Crippen LogP) is 1.59. The summed E-state index contributed by atoms with van der Waals surface area (Å²) >= 11 is 0. The van der Waals surface area contributed by atoms with Crippen molar-refractivity contribution in [2.45, 2.75) is 12.6 Å². The fraction of sp³-hybridized carbons (Fsp3) is 0.273. The number of nitrogen functional groups attached to an aromatic ring is 1. The number of hydrogen-bond donors (Lipinski definition) is 1. The molecule has 1 saturated heterocycles. The Kier molecular flexibility index (Phi) is 2.76. The van der Waals surface area contributed by atoms with E-state index in [2.05, 4.69) is 0 Å². The molecule has 1 fully saturated rings. The number of benzene rings is 1. The fourth-order valence-electron chi connectivity index (χ4n) is 1.78. The highest BCUT2D eigenvalue weighted by atomic mass is 19.4. The van der Waals surface area contributed by atoms with E-state index >= 15 is 0 Å². The molecule has 1 aromatic carbocycles. The van der Waals surface area contributed by atoms with Crippen LogP contribution in [0.4, 0.5) is 24.5 Å². The Hall–Kier alpha value is -2.05. The van der Waals surface area contributed by atoms with E-state index in [1.807, 2.05) is 0 Å². The van der Waals surface area contributed by atoms with Crippen LogP contribution in [0.25, 0.3) is 0 Å². The Morgan fingerprint density at radius 1 is 1.22 bits per heavy atom. The zero-order valence-electron chi connectivity index (χ0n) is 9.12. The van der Waals surface area contributed by atoms with Gasteiger partial charge in [-0.2, -0.15) is 13.2 Å². The van der Waals surface area contributed by atoms with Gasteiger partial charge >= 0.3 is 6.18 Å². The molecule has 0 spiro atoms. The van der Waals surface area contributed by atoms with Crippen LogP contribution >= 0.6 is 0 Å². The number of amides is 1. The second kappa shape index (κ2) is 4.01. The molecular formula is C11H9F3N2O2. The van der Waals surface area contributed by atoms with Gasteiger partial charge in [-0.3, -0.25) is 9.59 Å². The third-order valence-electron chi connectivity index (χ3n) is 2.63. The lowest BCUT2D eigenvalue weighted by molar-refractivity contribution is -0.137. The van der Waals surface area contributed by atoms with E-state index in [0.717, 1.165) is 23.1 Å². The summed E-state index contributed by atoms with van der Waals surface area (Å²) in [5.74, 6) is -0.731. The van der Waals surface area contributed by atoms with Crippen LogP contribution in [0.2, 0.25) is 0 Å². The molecule has 0 radical (unpaired) electrons. The van der Waals surface area contributed by atoms with Gasteiger partial charge in [-0.25, -0.2) is 0 Å². The highest BCUT2D eigenvalue weighted by Gasteiger charge is 2.33. The molecule has 1 amide bonds. The van der Waals surface area contributed by atoms with E-state index in [0.29, 0.717) is 0 Å². The molecule has 1 aliphatic heterocycles. The van der Waals surface area contributed by atoms with E-state index in [1.54, 1.807) is 0 Å². The molecule has 2 rings (SSSR count). The first-order chi connectivity index (χ1) is 8.29. The second-order valence-corrected chi connectivity index (χ2v) is 3.97. The molecular weight excluding hydrogens is 249 g/mol. The molecule has 18 heavy (non-hydrogen) atoms. The number of Topliss-reactive ketones (excluding diaryl/α,β-unsaturated/α-hetero) is 1. The number of anilines is 2. The largest absolute Gasteiger partial charge is 0.416 e. The Morgan fingerprint density at radius 2 is 1.89 bits per heavy atom. The fourth-order valence-corrected chi connectivity index (χ4v) is 1.78. The van der Waals surface area contributed by atoms with Crippen LogP contribution < -0.4 is 10.6 Å². The number of hydrogen-bond acceptors (Lipinski definition) is 3. The highest BCUT2D eigenvalue weighted by molar-refractivity contribution is 6.15. The summed E-state index contributed by atoms with van der Waals surface area (Å²) in [5.41, 5.74) is 4.58. The summed E-state index contributed by atoms with van der Waals surface area (Å²) in [7, 11) is 0. The summed E-state index contributed by atoms with van der Waals surface area (Å²) in [6.45, 7) is -0.144. The number of carbonyl (C=O) groups is 2. The first kappa shape index (κ1) is 12.4. The zero-order valence-corrected chi connectivity index (χ0v) is 9.12. The number of nitrogens with two attached hydrogens (primary N) is 1. The van der Waals surface area contributed by atoms with Crippen LogP contribution in [-0.2, 0) is 15.8 Å². The summed E-state index contributed by atoms with van der Waals surface area (Å²) in [5, 5.41) is 0. The van der Waals surface area contributed by atoms with Gasteiger partial charge in [0.2, 0.25) is 5.91 Å². The van der Waals surface area contributed by atoms with E-state index in [-0.39, 0.29) is 30.1 Å². The van der Waals surface area contributed by atoms with E-state index in [1.165, 1.54) is 0 Å². The van der Waals surface area contributed by atoms with Crippen molar-refractivity contribution < 1.29 is 22.8 Å². The molecule has 2 N–H and O–H groups in total. The number of ketones is 1. The smallest absolute Gasteiger partial charge is 0.397 e. The summed E-state index contributed by atoms with van der Waals surface area (Å²) < 4.78 is 37.3. The molecule has 96 valence electrons. The standard InChI is InChI=1S/C11H9F3N2O2/c12-11(13,14)6-1-2-9(8(15)3-6)16-5-7(17)4-10(16)18/h1-3H,4-5,15H2. The van der Waals surface area contributed by atoms with E-state index in [4.69, 9.17) is 5.73 Å². The third-order valence-corrected chi connectivity index (χ3v) is 2.63. The molecule has 0 unspecified atom stereocenters. The van der Waals surface area contributed by atoms with Crippen molar-refractivity contribution in [2.75, 3.05) is 17.2 Å². The second-order valence-electron chi connectivity index (χ2n) is 3.97. The van der Waals surface area contributed by atoms with E-state index in [9.17, 15) is 22.8 Å². The molecule has 0 saturated carbocycles. The maximum atomic E-state index is 12.4. The van der Waals surface area contributed by atoms with Gasteiger partial charge in [0.1, 0.15) is 0 Å². The van der Waals surface area contributed by atoms with Crippen molar-refractivity contribution in [2.24, 2.45) is 0 Å². The minimum absolute atomic E-state index is 0.138. The minimum Gasteiger partial charge on any atom is -0.397 e. The lowest BCUT2D eigenvalue weighted by Crippen LogP contribution is -2.25. The van der Waals surface area contributed by atoms with Gasteiger partial charge in [-0.15, -0.1) is 0 Å². The van der Waals surface area contributed by atoms with E-state index < -0.39 is 17.6 Å². The van der Waals surface area contributed by atoms with Crippen LogP contribution in [0.3, 0.4) is 0 Å². The van der Waals surface area contributed by atoms with Crippen molar-refractivity contribution in [1.29, 1.82) is 0 Å². The first-order valence-corrected chi connectivity index (χ1v) is 5.08. The average Bonchev–Trinajstić information content (AvgIpc) is 2.56. The quantitative estimate of drug-likeness (QED) is 0.614. The molecule has 4 nitrogen and oxygen atoms in total. The molecule has 0 atom stereocenters. The number of alkyl halides is 3. The molecule has 1 aromatic rings. The maximum absolute atomic E-state index is 12.4. The summed E-state index contributed by atoms with van der Waals surface area (Å²) in [6.07, 6.45) is -4.72. The van der Waals surface area contributed by atoms with Crippen molar-refractivity contribution >= 4 is 23.1 Å². The van der Waals surface area contributed by atoms with Crippen molar-refractivity contribution in [3.63, 3.8) is 0 Å². The van der Waals surface area contributed by atoms with Gasteiger partial charge in [-0.1, -0.05) is 0 Å². The lowest BCUT2D eigenvalue weighted by atomic mass is 10.1. The predicted molar refractivity (Wildman–Crippen MR) is 57.8 cm³/mol. The first-order valence-electron chi connectivity index (χ1n) is 5.08. The SMILES string of the molecule is Nc1cc(C(F)(F)F)ccc1N1CC(=O)CC1=O. The molecule has 1 heterocycles. The van der Waals surface area contributed by atoms with Gasteiger partial charge < -0.3 is 10.6 Å². The molecule has 7 heteroatoms.